The van der Waals surface area contributed by atoms with Crippen molar-refractivity contribution in [2.75, 3.05) is 0 Å². The van der Waals surface area contributed by atoms with E-state index in [1.54, 1.807) is 18.7 Å². The summed E-state index contributed by atoms with van der Waals surface area (Å²) >= 11 is 0. The Bertz CT molecular complexity index is 73.5. The van der Waals surface area contributed by atoms with Gasteiger partial charge < -0.3 is 42.2 Å². The Morgan fingerprint density at radius 1 is 1.11 bits per heavy atom. The van der Waals surface area contributed by atoms with Crippen LogP contribution in [0.5, 0.6) is 0 Å². The van der Waals surface area contributed by atoms with E-state index in [0.717, 1.165) is 0 Å². The number of hydrogen-bond donors (Lipinski definition) is 1. The van der Waals surface area contributed by atoms with Crippen LogP contribution in [-0.4, -0.2) is 27.3 Å². The summed E-state index contributed by atoms with van der Waals surface area (Å²) in [5, 5.41) is 0. The third-order valence-corrected chi connectivity index (χ3v) is 0.406. The van der Waals surface area contributed by atoms with Crippen LogP contribution < -0.4 is 37.2 Å². The molecule has 0 aliphatic rings. The maximum absolute atomic E-state index is 3.67. The standard InChI is InChI=1S/C3H4N2.Al.3ClH/c1-2-5-3-4-1;;;;/h1-3H,(H,4,5);;3*1H/q;+3;;;/p-3. The number of imidazole rings is 1. The van der Waals surface area contributed by atoms with E-state index in [1.165, 1.54) is 0 Å². The van der Waals surface area contributed by atoms with Crippen LogP contribution in [0.1, 0.15) is 0 Å². The zero-order chi connectivity index (χ0) is 3.54. The van der Waals surface area contributed by atoms with Gasteiger partial charge in [-0.2, -0.15) is 0 Å². The topological polar surface area (TPSA) is 28.7 Å². The van der Waals surface area contributed by atoms with Gasteiger partial charge in [-0.15, -0.1) is 0 Å². The summed E-state index contributed by atoms with van der Waals surface area (Å²) in [6.45, 7) is 0. The normalized spacial score (nSPS) is 4.44. The van der Waals surface area contributed by atoms with Crippen LogP contribution in [0.25, 0.3) is 0 Å². The van der Waals surface area contributed by atoms with Gasteiger partial charge in [0.1, 0.15) is 0 Å². The molecular formula is C3H4AlCl3N2. The van der Waals surface area contributed by atoms with Crippen molar-refractivity contribution in [3.8, 4) is 0 Å². The largest absolute Gasteiger partial charge is 3.00 e. The van der Waals surface area contributed by atoms with Gasteiger partial charge in [0, 0.05) is 12.4 Å². The Hall–Kier alpha value is 0.612. The summed E-state index contributed by atoms with van der Waals surface area (Å²) in [4.78, 5) is 6.42. The fourth-order valence-electron chi connectivity index (χ4n) is 0.215. The molecule has 0 aliphatic carbocycles. The van der Waals surface area contributed by atoms with Crippen LogP contribution in [0.3, 0.4) is 0 Å². The summed E-state index contributed by atoms with van der Waals surface area (Å²) in [5.41, 5.74) is 0. The van der Waals surface area contributed by atoms with Crippen LogP contribution in [0.4, 0.5) is 0 Å². The molecule has 0 aromatic carbocycles. The average Bonchev–Trinajstić information content (AvgIpc) is 1.76. The molecule has 0 radical (unpaired) electrons. The number of aromatic amines is 1. The molecule has 1 aromatic heterocycles. The Morgan fingerprint density at radius 2 is 1.67 bits per heavy atom. The van der Waals surface area contributed by atoms with E-state index in [0.29, 0.717) is 0 Å². The Labute approximate surface area is 83.2 Å². The number of nitrogens with zero attached hydrogens (tertiary/aromatic N) is 1. The van der Waals surface area contributed by atoms with E-state index in [1.807, 2.05) is 0 Å². The number of halogens is 3. The van der Waals surface area contributed by atoms with E-state index in [2.05, 4.69) is 9.97 Å². The number of rotatable bonds is 0. The van der Waals surface area contributed by atoms with Crippen molar-refractivity contribution in [2.45, 2.75) is 0 Å². The fourth-order valence-corrected chi connectivity index (χ4v) is 0.215. The zero-order valence-electron chi connectivity index (χ0n) is 4.39. The van der Waals surface area contributed by atoms with Gasteiger partial charge in [-0.25, -0.2) is 4.98 Å². The van der Waals surface area contributed by atoms with Crippen LogP contribution in [0.15, 0.2) is 18.7 Å². The first-order valence-electron chi connectivity index (χ1n) is 1.43. The molecule has 1 heterocycles. The molecule has 9 heavy (non-hydrogen) atoms. The summed E-state index contributed by atoms with van der Waals surface area (Å²) in [5.74, 6) is 0. The summed E-state index contributed by atoms with van der Waals surface area (Å²) < 4.78 is 0. The molecule has 0 fully saturated rings. The Balaban J connectivity index is -0.0000000312. The molecule has 0 spiro atoms. The first kappa shape index (κ1) is 22.6. The number of hydrogen-bond acceptors (Lipinski definition) is 1. The summed E-state index contributed by atoms with van der Waals surface area (Å²) in [7, 11) is 0. The minimum Gasteiger partial charge on any atom is -1.00 e. The predicted molar refractivity (Wildman–Crippen MR) is 24.3 cm³/mol. The van der Waals surface area contributed by atoms with E-state index in [9.17, 15) is 0 Å². The molecule has 6 heteroatoms. The number of nitrogens with one attached hydrogen (secondary N) is 1. The van der Waals surface area contributed by atoms with Gasteiger partial charge in [0.05, 0.1) is 6.33 Å². The molecule has 0 atom stereocenters. The van der Waals surface area contributed by atoms with Gasteiger partial charge in [-0.1, -0.05) is 0 Å². The summed E-state index contributed by atoms with van der Waals surface area (Å²) in [6.07, 6.45) is 5.08. The Morgan fingerprint density at radius 3 is 1.78 bits per heavy atom. The molecule has 0 amide bonds. The zero-order valence-corrected chi connectivity index (χ0v) is 7.81. The summed E-state index contributed by atoms with van der Waals surface area (Å²) in [6, 6.07) is 0. The van der Waals surface area contributed by atoms with Gasteiger partial charge in [-0.05, 0) is 0 Å². The van der Waals surface area contributed by atoms with E-state index < -0.39 is 0 Å². The van der Waals surface area contributed by atoms with Crippen molar-refractivity contribution < 1.29 is 37.2 Å². The molecule has 1 N–H and O–H groups in total. The van der Waals surface area contributed by atoms with E-state index in [4.69, 9.17) is 0 Å². The van der Waals surface area contributed by atoms with Crippen molar-refractivity contribution in [3.63, 3.8) is 0 Å². The minimum atomic E-state index is 0. The predicted octanol–water partition coefficient (Wildman–Crippen LogP) is -8.96. The molecule has 0 saturated carbocycles. The molecule has 50 valence electrons. The second kappa shape index (κ2) is 15.8. The van der Waals surface area contributed by atoms with Gasteiger partial charge in [-0.3, -0.25) is 0 Å². The maximum atomic E-state index is 3.67. The number of aromatic nitrogens is 2. The first-order chi connectivity index (χ1) is 2.50. The van der Waals surface area contributed by atoms with Crippen molar-refractivity contribution in [1.29, 1.82) is 0 Å². The van der Waals surface area contributed by atoms with Gasteiger partial charge in [0.15, 0.2) is 0 Å². The second-order valence-electron chi connectivity index (χ2n) is 0.761. The number of H-pyrrole nitrogens is 1. The minimum absolute atomic E-state index is 0. The van der Waals surface area contributed by atoms with Crippen LogP contribution in [0, 0.1) is 0 Å². The average molecular weight is 201 g/mol. The van der Waals surface area contributed by atoms with Crippen LogP contribution in [-0.2, 0) is 0 Å². The molecule has 0 saturated heterocycles. The third-order valence-electron chi connectivity index (χ3n) is 0.406. The van der Waals surface area contributed by atoms with Crippen LogP contribution in [0.2, 0.25) is 0 Å². The smallest absolute Gasteiger partial charge is 1.00 e. The van der Waals surface area contributed by atoms with Crippen LogP contribution >= 0.6 is 0 Å². The van der Waals surface area contributed by atoms with Crippen molar-refractivity contribution in [1.82, 2.24) is 9.97 Å². The molecule has 1 aromatic rings. The van der Waals surface area contributed by atoms with Crippen molar-refractivity contribution in [3.05, 3.63) is 18.7 Å². The molecule has 2 nitrogen and oxygen atoms in total. The van der Waals surface area contributed by atoms with Crippen molar-refractivity contribution in [2.24, 2.45) is 0 Å². The van der Waals surface area contributed by atoms with Crippen molar-refractivity contribution >= 4 is 17.4 Å². The molecular weight excluding hydrogens is 197 g/mol. The monoisotopic (exact) mass is 200 g/mol. The SMILES string of the molecule is [Al+3].[Cl-].[Cl-].[Cl-].c1c[nH]cn1. The molecule has 0 aliphatic heterocycles. The van der Waals surface area contributed by atoms with E-state index in [-0.39, 0.29) is 54.6 Å². The van der Waals surface area contributed by atoms with Gasteiger partial charge >= 0.3 is 17.4 Å². The van der Waals surface area contributed by atoms with E-state index >= 15 is 0 Å². The molecule has 0 bridgehead atoms. The molecule has 0 unspecified atom stereocenters. The molecule has 1 rings (SSSR count). The fraction of sp³-hybridized carbons (Fsp3) is 0. The second-order valence-corrected chi connectivity index (χ2v) is 0.761. The maximum Gasteiger partial charge on any atom is 3.00 e. The quantitative estimate of drug-likeness (QED) is 0.415. The van der Waals surface area contributed by atoms with Gasteiger partial charge in [0.2, 0.25) is 0 Å². The third kappa shape index (κ3) is 12.0. The first-order valence-corrected chi connectivity index (χ1v) is 1.43. The Kier molecular flexibility index (Phi) is 39.8. The van der Waals surface area contributed by atoms with Gasteiger partial charge in [0.25, 0.3) is 0 Å².